The Balaban J connectivity index is 2.02. The van der Waals surface area contributed by atoms with E-state index in [1.54, 1.807) is 23.1 Å². The van der Waals surface area contributed by atoms with Crippen molar-refractivity contribution >= 4 is 43.8 Å². The molecule has 2 unspecified atom stereocenters. The van der Waals surface area contributed by atoms with E-state index in [1.165, 1.54) is 17.8 Å². The van der Waals surface area contributed by atoms with E-state index in [0.717, 1.165) is 0 Å². The van der Waals surface area contributed by atoms with Crippen molar-refractivity contribution in [1.82, 2.24) is 0 Å². The van der Waals surface area contributed by atoms with Crippen molar-refractivity contribution in [2.45, 2.75) is 11.3 Å². The van der Waals surface area contributed by atoms with E-state index in [2.05, 4.69) is 0 Å². The summed E-state index contributed by atoms with van der Waals surface area (Å²) in [5.41, 5.74) is 0.375. The summed E-state index contributed by atoms with van der Waals surface area (Å²) in [6.45, 7) is 0. The van der Waals surface area contributed by atoms with Crippen LogP contribution in [-0.2, 0) is 9.84 Å². The second-order valence-electron chi connectivity index (χ2n) is 4.39. The lowest BCUT2D eigenvalue weighted by Crippen LogP contribution is -2.37. The van der Waals surface area contributed by atoms with E-state index < -0.39 is 9.84 Å². The minimum Gasteiger partial charge on any atom is -0.319 e. The molecule has 3 nitrogen and oxygen atoms in total. The molecule has 3 rings (SSSR count). The van der Waals surface area contributed by atoms with Crippen molar-refractivity contribution in [3.63, 3.8) is 0 Å². The molecule has 0 saturated carbocycles. The molecule has 2 heterocycles. The molecule has 0 spiro atoms. The van der Waals surface area contributed by atoms with Gasteiger partial charge in [-0.3, -0.25) is 0 Å². The number of hydrogen-bond acceptors (Lipinski definition) is 4. The summed E-state index contributed by atoms with van der Waals surface area (Å²) in [6, 6.07) is 6.09. The molecule has 0 aromatic heterocycles. The van der Waals surface area contributed by atoms with Crippen LogP contribution in [0, 0.1) is 5.82 Å². The van der Waals surface area contributed by atoms with Gasteiger partial charge in [-0.2, -0.15) is 0 Å². The monoisotopic (exact) mass is 303 g/mol. The van der Waals surface area contributed by atoms with Crippen LogP contribution in [0.4, 0.5) is 10.1 Å². The molecule has 2 aliphatic heterocycles. The van der Waals surface area contributed by atoms with Crippen LogP contribution in [0.1, 0.15) is 0 Å². The number of nitrogens with zero attached hydrogens (tertiary/aromatic N) is 1. The number of anilines is 1. The van der Waals surface area contributed by atoms with Crippen LogP contribution in [0.5, 0.6) is 0 Å². The number of benzene rings is 1. The van der Waals surface area contributed by atoms with Crippen LogP contribution in [0.15, 0.2) is 24.3 Å². The van der Waals surface area contributed by atoms with Crippen LogP contribution < -0.4 is 4.90 Å². The molecule has 0 radical (unpaired) electrons. The Labute approximate surface area is 114 Å². The Bertz CT molecular complexity index is 616. The van der Waals surface area contributed by atoms with Gasteiger partial charge in [0.15, 0.2) is 9.84 Å². The lowest BCUT2D eigenvalue weighted by atomic mass is 10.2. The van der Waals surface area contributed by atoms with E-state index in [0.29, 0.717) is 10.0 Å². The van der Waals surface area contributed by atoms with Crippen molar-refractivity contribution in [2.75, 3.05) is 16.4 Å². The number of sulfone groups is 1. The van der Waals surface area contributed by atoms with Crippen molar-refractivity contribution < 1.29 is 12.8 Å². The number of halogens is 1. The number of fused-ring (bicyclic) bond motifs is 1. The van der Waals surface area contributed by atoms with Gasteiger partial charge in [-0.25, -0.2) is 12.8 Å². The zero-order valence-electron chi connectivity index (χ0n) is 9.24. The van der Waals surface area contributed by atoms with Crippen molar-refractivity contribution in [2.24, 2.45) is 0 Å². The summed E-state index contributed by atoms with van der Waals surface area (Å²) in [5.74, 6) is -0.183. The second-order valence-corrected chi connectivity index (χ2v) is 8.41. The van der Waals surface area contributed by atoms with E-state index in [9.17, 15) is 12.8 Å². The summed E-state index contributed by atoms with van der Waals surface area (Å²) < 4.78 is 37.6. The van der Waals surface area contributed by atoms with Crippen LogP contribution in [0.25, 0.3) is 0 Å². The summed E-state index contributed by atoms with van der Waals surface area (Å²) in [4.78, 5) is 1.66. The van der Waals surface area contributed by atoms with Crippen molar-refractivity contribution in [3.05, 3.63) is 30.1 Å². The molecule has 2 atom stereocenters. The Morgan fingerprint density at radius 3 is 2.78 bits per heavy atom. The third-order valence-corrected chi connectivity index (χ3v) is 6.76. The molecule has 1 aromatic carbocycles. The number of hydrogen-bond donors (Lipinski definition) is 0. The van der Waals surface area contributed by atoms with E-state index >= 15 is 0 Å². The second kappa shape index (κ2) is 4.18. The van der Waals surface area contributed by atoms with Gasteiger partial charge in [-0.1, -0.05) is 36.1 Å². The van der Waals surface area contributed by atoms with Crippen LogP contribution in [0.3, 0.4) is 0 Å². The molecule has 2 saturated heterocycles. The molecule has 0 bridgehead atoms. The standard InChI is InChI=1S/C11H10FNO2S3/c12-7-3-1-2-4-8(7)13-9-5-18(14,15)6-10(9)17-11(13)16/h1-4,9-10H,5-6H2. The fraction of sp³-hybridized carbons (Fsp3) is 0.364. The molecule has 2 fully saturated rings. The predicted molar refractivity (Wildman–Crippen MR) is 75.3 cm³/mol. The molecule has 0 amide bonds. The third-order valence-electron chi connectivity index (χ3n) is 3.16. The van der Waals surface area contributed by atoms with Gasteiger partial charge in [0.05, 0.1) is 23.2 Å². The fourth-order valence-electron chi connectivity index (χ4n) is 2.40. The zero-order valence-corrected chi connectivity index (χ0v) is 11.7. The lowest BCUT2D eigenvalue weighted by Gasteiger charge is -2.24. The van der Waals surface area contributed by atoms with Gasteiger partial charge >= 0.3 is 0 Å². The SMILES string of the molecule is O=S1(=O)CC2SC(=S)N(c3ccccc3F)C2C1. The highest BCUT2D eigenvalue weighted by Gasteiger charge is 2.48. The van der Waals surface area contributed by atoms with Crippen LogP contribution in [-0.4, -0.2) is 35.5 Å². The third kappa shape index (κ3) is 1.94. The topological polar surface area (TPSA) is 37.4 Å². The highest BCUT2D eigenvalue weighted by molar-refractivity contribution is 8.24. The molecule has 96 valence electrons. The minimum atomic E-state index is -3.03. The van der Waals surface area contributed by atoms with Gasteiger partial charge in [0.1, 0.15) is 10.1 Å². The van der Waals surface area contributed by atoms with Gasteiger partial charge in [0, 0.05) is 5.25 Å². The molecular formula is C11H10FNO2S3. The van der Waals surface area contributed by atoms with Crippen molar-refractivity contribution in [3.8, 4) is 0 Å². The van der Waals surface area contributed by atoms with E-state index in [4.69, 9.17) is 12.2 Å². The Kier molecular flexibility index (Phi) is 2.87. The number of para-hydroxylation sites is 1. The highest BCUT2D eigenvalue weighted by atomic mass is 32.2. The molecule has 0 N–H and O–H groups in total. The van der Waals surface area contributed by atoms with E-state index in [1.807, 2.05) is 0 Å². The maximum Gasteiger partial charge on any atom is 0.153 e. The molecule has 18 heavy (non-hydrogen) atoms. The summed E-state index contributed by atoms with van der Waals surface area (Å²) in [7, 11) is -3.03. The maximum absolute atomic E-state index is 13.8. The molecule has 7 heteroatoms. The average molecular weight is 303 g/mol. The van der Waals surface area contributed by atoms with Gasteiger partial charge in [-0.15, -0.1) is 0 Å². The smallest absolute Gasteiger partial charge is 0.153 e. The van der Waals surface area contributed by atoms with Crippen molar-refractivity contribution in [1.29, 1.82) is 0 Å². The highest BCUT2D eigenvalue weighted by Crippen LogP contribution is 2.41. The molecule has 2 aliphatic rings. The summed E-state index contributed by atoms with van der Waals surface area (Å²) in [5, 5.41) is -0.0675. The first-order valence-electron chi connectivity index (χ1n) is 5.43. The lowest BCUT2D eigenvalue weighted by molar-refractivity contribution is 0.600. The van der Waals surface area contributed by atoms with Gasteiger partial charge < -0.3 is 4.90 Å². The van der Waals surface area contributed by atoms with Gasteiger partial charge in [0.2, 0.25) is 0 Å². The first kappa shape index (κ1) is 12.4. The first-order chi connectivity index (χ1) is 8.48. The largest absolute Gasteiger partial charge is 0.319 e. The Morgan fingerprint density at radius 1 is 1.33 bits per heavy atom. The van der Waals surface area contributed by atoms with Crippen LogP contribution >= 0.6 is 24.0 Å². The van der Waals surface area contributed by atoms with Gasteiger partial charge in [-0.05, 0) is 12.1 Å². The summed E-state index contributed by atoms with van der Waals surface area (Å²) in [6.07, 6.45) is 0. The quantitative estimate of drug-likeness (QED) is 0.740. The number of thioether (sulfide) groups is 1. The molecular weight excluding hydrogens is 293 g/mol. The Hall–Kier alpha value is -0.660. The molecule has 1 aromatic rings. The normalized spacial score (nSPS) is 29.6. The zero-order chi connectivity index (χ0) is 12.9. The number of thiocarbonyl (C=S) groups is 1. The van der Waals surface area contributed by atoms with Gasteiger partial charge in [0.25, 0.3) is 0 Å². The minimum absolute atomic E-state index is 0.0547. The van der Waals surface area contributed by atoms with E-state index in [-0.39, 0.29) is 28.6 Å². The maximum atomic E-state index is 13.8. The van der Waals surface area contributed by atoms with Crippen LogP contribution in [0.2, 0.25) is 0 Å². The average Bonchev–Trinajstić information content (AvgIpc) is 2.70. The fourth-order valence-corrected chi connectivity index (χ4v) is 6.76. The molecule has 0 aliphatic carbocycles. The predicted octanol–water partition coefficient (Wildman–Crippen LogP) is 1.83. The summed E-state index contributed by atoms with van der Waals surface area (Å²) >= 11 is 6.60. The first-order valence-corrected chi connectivity index (χ1v) is 8.54. The Morgan fingerprint density at radius 2 is 2.06 bits per heavy atom. The number of rotatable bonds is 1.